The Balaban J connectivity index is 2.07. The Bertz CT molecular complexity index is 1470. The van der Waals surface area contributed by atoms with Gasteiger partial charge in [-0.25, -0.2) is 24.4 Å². The molecule has 0 radical (unpaired) electrons. The van der Waals surface area contributed by atoms with E-state index in [1.165, 1.54) is 28.3 Å². The number of nitriles is 2. The molecule has 14 heteroatoms. The van der Waals surface area contributed by atoms with E-state index in [4.69, 9.17) is 21.6 Å². The second kappa shape index (κ2) is 13.9. The van der Waals surface area contributed by atoms with Crippen molar-refractivity contribution in [2.24, 2.45) is 9.98 Å². The maximum Gasteiger partial charge on any atom is 0.232 e. The van der Waals surface area contributed by atoms with Gasteiger partial charge in [-0.1, -0.05) is 23.7 Å². The standard InChI is InChI=1S/C34H46ClFN10O2/c1-31(2)17-27(18-32(3,4)45(31)47)43(29(39-21-37)41-25-13-9-11-23(35)15-25)44(28-19-33(5,6)46(48)34(7,8)20-28)30(40-22-38)42-26-14-10-12-24(36)16-26/h9-16,27-28,47-48H,17-20H2,1-8H3,(H,39,41)(H,40,42). The van der Waals surface area contributed by atoms with Crippen LogP contribution in [0.15, 0.2) is 58.5 Å². The maximum atomic E-state index is 14.4. The van der Waals surface area contributed by atoms with Crippen LogP contribution in [0.3, 0.4) is 0 Å². The zero-order chi connectivity index (χ0) is 35.7. The lowest BCUT2D eigenvalue weighted by Gasteiger charge is -2.58. The van der Waals surface area contributed by atoms with Crippen LogP contribution in [0.5, 0.6) is 0 Å². The van der Waals surface area contributed by atoms with E-state index in [-0.39, 0.29) is 17.6 Å². The van der Waals surface area contributed by atoms with Crippen LogP contribution in [-0.2, 0) is 0 Å². The lowest BCUT2D eigenvalue weighted by Crippen LogP contribution is -2.72. The molecule has 0 aliphatic carbocycles. The summed E-state index contributed by atoms with van der Waals surface area (Å²) in [6.07, 6.45) is 5.62. The summed E-state index contributed by atoms with van der Waals surface area (Å²) < 4.78 is 14.4. The minimum atomic E-state index is -0.743. The monoisotopic (exact) mass is 680 g/mol. The quantitative estimate of drug-likeness (QED) is 0.0910. The van der Waals surface area contributed by atoms with Gasteiger partial charge in [0, 0.05) is 27.2 Å². The van der Waals surface area contributed by atoms with E-state index in [2.05, 4.69) is 10.6 Å². The number of guanidine groups is 2. The first-order valence-electron chi connectivity index (χ1n) is 15.9. The second-order valence-electron chi connectivity index (χ2n) is 15.0. The van der Waals surface area contributed by atoms with Crippen molar-refractivity contribution in [1.82, 2.24) is 30.8 Å². The number of hydrazine groups is 1. The van der Waals surface area contributed by atoms with Crippen LogP contribution in [0.2, 0.25) is 5.02 Å². The normalized spacial score (nSPS) is 21.5. The summed E-state index contributed by atoms with van der Waals surface area (Å²) in [6, 6.07) is 11.7. The Morgan fingerprint density at radius 3 is 1.48 bits per heavy atom. The highest BCUT2D eigenvalue weighted by Crippen LogP contribution is 2.43. The maximum absolute atomic E-state index is 14.4. The topological polar surface area (TPSA) is 150 Å². The van der Waals surface area contributed by atoms with E-state index < -0.39 is 40.1 Å². The third-order valence-electron chi connectivity index (χ3n) is 9.01. The van der Waals surface area contributed by atoms with Gasteiger partial charge in [-0.15, -0.1) is 0 Å². The third kappa shape index (κ3) is 8.00. The first-order valence-corrected chi connectivity index (χ1v) is 16.2. The van der Waals surface area contributed by atoms with Gasteiger partial charge in [-0.3, -0.25) is 10.6 Å². The Kier molecular flexibility index (Phi) is 10.6. The molecule has 2 aliphatic rings. The molecule has 0 bridgehead atoms. The summed E-state index contributed by atoms with van der Waals surface area (Å²) in [5.74, 6) is -0.317. The van der Waals surface area contributed by atoms with Gasteiger partial charge in [-0.05, 0) is 117 Å². The number of nitrogens with zero attached hydrogens (tertiary/aromatic N) is 8. The Hall–Kier alpha value is -3.98. The molecule has 48 heavy (non-hydrogen) atoms. The lowest BCUT2D eigenvalue weighted by atomic mass is 9.77. The van der Waals surface area contributed by atoms with Crippen molar-refractivity contribution < 1.29 is 14.8 Å². The fraction of sp³-hybridized carbons (Fsp3) is 0.529. The van der Waals surface area contributed by atoms with Crippen molar-refractivity contribution in [2.75, 3.05) is 0 Å². The van der Waals surface area contributed by atoms with Crippen LogP contribution in [0.1, 0.15) is 81.1 Å². The van der Waals surface area contributed by atoms with Crippen LogP contribution in [0.4, 0.5) is 15.8 Å². The number of rotatable bonds is 4. The fourth-order valence-electron chi connectivity index (χ4n) is 7.39. The van der Waals surface area contributed by atoms with Crippen molar-refractivity contribution in [3.05, 3.63) is 59.4 Å². The molecule has 4 rings (SSSR count). The average molecular weight is 681 g/mol. The molecule has 0 saturated carbocycles. The van der Waals surface area contributed by atoms with E-state index in [9.17, 15) is 25.3 Å². The number of piperidine rings is 2. The fourth-order valence-corrected chi connectivity index (χ4v) is 7.58. The highest BCUT2D eigenvalue weighted by Gasteiger charge is 2.53. The average Bonchev–Trinajstić information content (AvgIpc) is 2.96. The lowest BCUT2D eigenvalue weighted by molar-refractivity contribution is -0.264. The molecule has 0 aromatic heterocycles. The summed E-state index contributed by atoms with van der Waals surface area (Å²) in [6.45, 7) is 15.4. The summed E-state index contributed by atoms with van der Waals surface area (Å²) in [7, 11) is 0. The second-order valence-corrected chi connectivity index (χ2v) is 15.4. The number of hydroxylamine groups is 4. The summed E-state index contributed by atoms with van der Waals surface area (Å²) in [5.41, 5.74) is -2.24. The molecule has 2 aromatic carbocycles. The molecule has 2 heterocycles. The van der Waals surface area contributed by atoms with Gasteiger partial charge in [0.05, 0.1) is 23.5 Å². The van der Waals surface area contributed by atoms with Gasteiger partial charge in [0.15, 0.2) is 12.4 Å². The molecule has 2 fully saturated rings. The zero-order valence-corrected chi connectivity index (χ0v) is 29.6. The van der Waals surface area contributed by atoms with Crippen LogP contribution in [0, 0.1) is 28.7 Å². The van der Waals surface area contributed by atoms with E-state index in [1.807, 2.05) is 77.8 Å². The van der Waals surface area contributed by atoms with Crippen LogP contribution in [-0.4, -0.2) is 76.7 Å². The molecule has 0 atom stereocenters. The molecule has 0 spiro atoms. The number of hydrogen-bond donors (Lipinski definition) is 4. The van der Waals surface area contributed by atoms with Crippen molar-refractivity contribution in [1.29, 1.82) is 10.5 Å². The van der Waals surface area contributed by atoms with Crippen molar-refractivity contribution in [3.63, 3.8) is 0 Å². The van der Waals surface area contributed by atoms with E-state index in [1.54, 1.807) is 30.3 Å². The van der Waals surface area contributed by atoms with E-state index in [0.717, 1.165) is 0 Å². The third-order valence-corrected chi connectivity index (χ3v) is 9.25. The largest absolute Gasteiger partial charge is 0.313 e. The summed E-state index contributed by atoms with van der Waals surface area (Å²) >= 11 is 6.34. The molecule has 0 unspecified atom stereocenters. The highest BCUT2D eigenvalue weighted by atomic mass is 35.5. The molecule has 4 N–H and O–H groups in total. The van der Waals surface area contributed by atoms with Crippen LogP contribution in [0.25, 0.3) is 0 Å². The Morgan fingerprint density at radius 1 is 0.750 bits per heavy atom. The van der Waals surface area contributed by atoms with Crippen molar-refractivity contribution >= 4 is 34.9 Å². The first kappa shape index (κ1) is 36.8. The predicted molar refractivity (Wildman–Crippen MR) is 183 cm³/mol. The van der Waals surface area contributed by atoms with Gasteiger partial charge in [0.25, 0.3) is 0 Å². The molecule has 2 aromatic rings. The zero-order valence-electron chi connectivity index (χ0n) is 28.8. The van der Waals surface area contributed by atoms with E-state index >= 15 is 0 Å². The minimum Gasteiger partial charge on any atom is -0.313 e. The van der Waals surface area contributed by atoms with Gasteiger partial charge in [-0.2, -0.15) is 20.7 Å². The predicted octanol–water partition coefficient (Wildman–Crippen LogP) is 6.64. The molecular weight excluding hydrogens is 635 g/mol. The van der Waals surface area contributed by atoms with Crippen LogP contribution < -0.4 is 10.6 Å². The van der Waals surface area contributed by atoms with Gasteiger partial charge < -0.3 is 10.4 Å². The summed E-state index contributed by atoms with van der Waals surface area (Å²) in [5, 5.41) is 55.1. The number of benzene rings is 2. The SMILES string of the molecule is CC1(C)CC(N(C(=Nc2cccc(F)c2)NC#N)N(C(=Nc2cccc(Cl)c2)NC#N)C2CC(C)(C)N(O)C(C)(C)C2)CC(C)(C)N1O. The Labute approximate surface area is 287 Å². The number of aliphatic imine (C=N–C) groups is 2. The van der Waals surface area contributed by atoms with E-state index in [0.29, 0.717) is 36.4 Å². The Morgan fingerprint density at radius 2 is 1.12 bits per heavy atom. The molecule has 12 nitrogen and oxygen atoms in total. The molecule has 2 saturated heterocycles. The molecule has 2 aliphatic heterocycles. The number of nitrogens with one attached hydrogen (secondary N) is 2. The van der Waals surface area contributed by atoms with Gasteiger partial charge >= 0.3 is 0 Å². The highest BCUT2D eigenvalue weighted by molar-refractivity contribution is 6.30. The smallest absolute Gasteiger partial charge is 0.232 e. The minimum absolute atomic E-state index is 0.0617. The molecular formula is C34H46ClFN10O2. The summed E-state index contributed by atoms with van der Waals surface area (Å²) in [4.78, 5) is 9.66. The van der Waals surface area contributed by atoms with Crippen LogP contribution >= 0.6 is 11.6 Å². The van der Waals surface area contributed by atoms with Crippen molar-refractivity contribution in [3.8, 4) is 12.4 Å². The van der Waals surface area contributed by atoms with Crippen molar-refractivity contribution in [2.45, 2.75) is 115 Å². The number of hydrogen-bond acceptors (Lipinski definition) is 8. The molecule has 0 amide bonds. The first-order chi connectivity index (χ1) is 22.3. The number of halogens is 2. The van der Waals surface area contributed by atoms with Gasteiger partial charge in [0.1, 0.15) is 5.82 Å². The molecule has 258 valence electrons. The van der Waals surface area contributed by atoms with Gasteiger partial charge in [0.2, 0.25) is 11.9 Å².